The molecule has 37 heavy (non-hydrogen) atoms. The molecule has 196 valence electrons. The van der Waals surface area contributed by atoms with Gasteiger partial charge in [-0.05, 0) is 37.8 Å². The number of aromatic nitrogens is 2. The molecule has 3 aromatic rings. The van der Waals surface area contributed by atoms with Gasteiger partial charge >= 0.3 is 0 Å². The summed E-state index contributed by atoms with van der Waals surface area (Å²) in [5.74, 6) is -0.893. The lowest BCUT2D eigenvalue weighted by atomic mass is 9.89. The number of fused-ring (bicyclic) bond motifs is 1. The first-order valence-corrected chi connectivity index (χ1v) is 12.4. The molecule has 2 aliphatic rings. The molecule has 10 heteroatoms. The molecule has 1 amide bonds. The van der Waals surface area contributed by atoms with Crippen LogP contribution in [0.15, 0.2) is 41.3 Å². The van der Waals surface area contributed by atoms with Crippen LogP contribution in [0, 0.1) is 11.7 Å². The largest absolute Gasteiger partial charge is 0.380 e. The molecular weight excluding hydrogens is 485 g/mol. The number of benzene rings is 1. The van der Waals surface area contributed by atoms with Gasteiger partial charge in [0.25, 0.3) is 12.0 Å². The molecule has 0 aliphatic carbocycles. The van der Waals surface area contributed by atoms with Crippen molar-refractivity contribution >= 4 is 22.6 Å². The van der Waals surface area contributed by atoms with Crippen molar-refractivity contribution < 1.29 is 22.7 Å². The van der Waals surface area contributed by atoms with Crippen molar-refractivity contribution in [2.45, 2.75) is 38.2 Å². The zero-order valence-corrected chi connectivity index (χ0v) is 20.7. The van der Waals surface area contributed by atoms with Crippen molar-refractivity contribution in [1.82, 2.24) is 14.5 Å². The average Bonchev–Trinajstić information content (AvgIpc) is 2.85. The molecule has 2 fully saturated rings. The molecule has 1 atom stereocenters. The summed E-state index contributed by atoms with van der Waals surface area (Å²) in [6.07, 6.45) is -0.0119. The zero-order valence-electron chi connectivity index (χ0n) is 20.7. The van der Waals surface area contributed by atoms with Crippen LogP contribution in [0.3, 0.4) is 0 Å². The van der Waals surface area contributed by atoms with Crippen molar-refractivity contribution in [3.63, 3.8) is 0 Å². The zero-order chi connectivity index (χ0) is 26.3. The molecule has 2 saturated heterocycles. The van der Waals surface area contributed by atoms with Gasteiger partial charge in [0.2, 0.25) is 5.91 Å². The number of nitrogens with zero attached hydrogens (tertiary/aromatic N) is 3. The predicted molar refractivity (Wildman–Crippen MR) is 133 cm³/mol. The van der Waals surface area contributed by atoms with E-state index in [0.717, 1.165) is 6.07 Å². The summed E-state index contributed by atoms with van der Waals surface area (Å²) in [6, 6.07) is 6.92. The van der Waals surface area contributed by atoms with E-state index >= 15 is 0 Å². The van der Waals surface area contributed by atoms with Gasteiger partial charge < -0.3 is 15.0 Å². The molecule has 2 aromatic heterocycles. The lowest BCUT2D eigenvalue weighted by Gasteiger charge is -2.36. The Bertz CT molecular complexity index is 1380. The van der Waals surface area contributed by atoms with E-state index in [1.165, 1.54) is 16.7 Å². The smallest absolute Gasteiger partial charge is 0.266 e. The van der Waals surface area contributed by atoms with Crippen LogP contribution < -0.4 is 10.9 Å². The quantitative estimate of drug-likeness (QED) is 0.523. The lowest BCUT2D eigenvalue weighted by molar-refractivity contribution is -0.150. The summed E-state index contributed by atoms with van der Waals surface area (Å²) in [5, 5.41) is 3.91. The Hall–Kier alpha value is -3.40. The molecule has 2 aliphatic heterocycles. The van der Waals surface area contributed by atoms with Gasteiger partial charge in [-0.2, -0.15) is 0 Å². The molecular formula is C27H29F3N4O3. The first-order valence-electron chi connectivity index (χ1n) is 12.4. The summed E-state index contributed by atoms with van der Waals surface area (Å²) < 4.78 is 47.8. The Morgan fingerprint density at radius 1 is 1.16 bits per heavy atom. The van der Waals surface area contributed by atoms with Gasteiger partial charge in [-0.3, -0.25) is 14.2 Å². The number of hydrogen-bond donors (Lipinski definition) is 1. The van der Waals surface area contributed by atoms with Gasteiger partial charge in [-0.15, -0.1) is 0 Å². The SMILES string of the molecule is C[C@@H](Nc1ccnc2c1cc(C1CCN(C(=O)C3COC3)CC1)c(=O)n2C)c1cccc(C(F)F)c1F. The number of halogens is 3. The number of ether oxygens (including phenoxy) is 1. The molecule has 0 unspecified atom stereocenters. The van der Waals surface area contributed by atoms with E-state index in [2.05, 4.69) is 10.3 Å². The molecule has 4 heterocycles. The number of rotatable bonds is 6. The van der Waals surface area contributed by atoms with Crippen molar-refractivity contribution in [3.8, 4) is 0 Å². The number of likely N-dealkylation sites (tertiary alicyclic amines) is 1. The minimum Gasteiger partial charge on any atom is -0.380 e. The van der Waals surface area contributed by atoms with Crippen molar-refractivity contribution in [1.29, 1.82) is 0 Å². The number of piperidine rings is 1. The molecule has 1 N–H and O–H groups in total. The molecule has 0 radical (unpaired) electrons. The summed E-state index contributed by atoms with van der Waals surface area (Å²) in [5.41, 5.74) is 1.08. The third kappa shape index (κ3) is 4.70. The van der Waals surface area contributed by atoms with Crippen LogP contribution in [0.4, 0.5) is 18.9 Å². The summed E-state index contributed by atoms with van der Waals surface area (Å²) in [4.78, 5) is 32.0. The van der Waals surface area contributed by atoms with Crippen LogP contribution in [0.1, 0.15) is 54.8 Å². The second-order valence-electron chi connectivity index (χ2n) is 9.81. The Labute approximate surface area is 212 Å². The Morgan fingerprint density at radius 2 is 1.86 bits per heavy atom. The highest BCUT2D eigenvalue weighted by molar-refractivity contribution is 5.89. The van der Waals surface area contributed by atoms with Gasteiger partial charge in [0.05, 0.1) is 30.7 Å². The van der Waals surface area contributed by atoms with Crippen LogP contribution >= 0.6 is 0 Å². The van der Waals surface area contributed by atoms with Crippen molar-refractivity contribution in [3.05, 3.63) is 69.4 Å². The fraction of sp³-hybridized carbons (Fsp3) is 0.444. The van der Waals surface area contributed by atoms with Gasteiger partial charge in [-0.1, -0.05) is 18.2 Å². The summed E-state index contributed by atoms with van der Waals surface area (Å²) >= 11 is 0. The average molecular weight is 515 g/mol. The minimum absolute atomic E-state index is 0.0181. The molecule has 0 saturated carbocycles. The molecule has 7 nitrogen and oxygen atoms in total. The number of carbonyl (C=O) groups excluding carboxylic acids is 1. The maximum Gasteiger partial charge on any atom is 0.266 e. The van der Waals surface area contributed by atoms with E-state index in [1.807, 2.05) is 11.0 Å². The maximum atomic E-state index is 14.8. The number of alkyl halides is 2. The fourth-order valence-electron chi connectivity index (χ4n) is 5.23. The maximum absolute atomic E-state index is 14.8. The molecule has 0 bridgehead atoms. The van der Waals surface area contributed by atoms with Gasteiger partial charge in [0, 0.05) is 48.5 Å². The van der Waals surface area contributed by atoms with Crippen molar-refractivity contribution in [2.75, 3.05) is 31.6 Å². The molecule has 5 rings (SSSR count). The van der Waals surface area contributed by atoms with E-state index in [9.17, 15) is 22.8 Å². The third-order valence-electron chi connectivity index (χ3n) is 7.50. The first-order chi connectivity index (χ1) is 17.8. The van der Waals surface area contributed by atoms with E-state index in [1.54, 1.807) is 26.2 Å². The number of nitrogens with one attached hydrogen (secondary N) is 1. The van der Waals surface area contributed by atoms with Crippen LogP contribution in [0.2, 0.25) is 0 Å². The van der Waals surface area contributed by atoms with Gasteiger partial charge in [-0.25, -0.2) is 18.2 Å². The number of hydrogen-bond acceptors (Lipinski definition) is 5. The number of anilines is 1. The van der Waals surface area contributed by atoms with Gasteiger partial charge in [0.1, 0.15) is 11.5 Å². The van der Waals surface area contributed by atoms with Crippen LogP contribution in [0.25, 0.3) is 11.0 Å². The minimum atomic E-state index is -2.91. The highest BCUT2D eigenvalue weighted by Crippen LogP contribution is 2.33. The van der Waals surface area contributed by atoms with Crippen LogP contribution in [-0.2, 0) is 16.6 Å². The Kier molecular flexibility index (Phi) is 6.94. The standard InChI is InChI=1S/C27H29F3N4O3/c1-15(18-4-3-5-19(23(18)28)24(29)30)32-22-6-9-31-25-21(22)12-20(27(36)33(25)2)16-7-10-34(11-8-16)26(35)17-13-37-14-17/h3-6,9,12,15-17,24H,7-8,10-11,13-14H2,1-2H3,(H,31,32)/t15-/m1/s1. The number of amides is 1. The van der Waals surface area contributed by atoms with E-state index in [0.29, 0.717) is 61.4 Å². The third-order valence-corrected chi connectivity index (χ3v) is 7.50. The summed E-state index contributed by atoms with van der Waals surface area (Å²) in [6.45, 7) is 3.80. The number of pyridine rings is 2. The number of aryl methyl sites for hydroxylation is 1. The second-order valence-corrected chi connectivity index (χ2v) is 9.81. The topological polar surface area (TPSA) is 76.5 Å². The fourth-order valence-corrected chi connectivity index (χ4v) is 5.23. The van der Waals surface area contributed by atoms with E-state index in [4.69, 9.17) is 4.74 Å². The highest BCUT2D eigenvalue weighted by atomic mass is 19.3. The lowest BCUT2D eigenvalue weighted by Crippen LogP contribution is -2.47. The van der Waals surface area contributed by atoms with Crippen molar-refractivity contribution in [2.24, 2.45) is 13.0 Å². The van der Waals surface area contributed by atoms with Gasteiger partial charge in [0.15, 0.2) is 0 Å². The molecule has 1 aromatic carbocycles. The monoisotopic (exact) mass is 514 g/mol. The molecule has 0 spiro atoms. The van der Waals surface area contributed by atoms with Crippen LogP contribution in [-0.4, -0.2) is 46.7 Å². The van der Waals surface area contributed by atoms with Crippen LogP contribution in [0.5, 0.6) is 0 Å². The summed E-state index contributed by atoms with van der Waals surface area (Å²) in [7, 11) is 1.66. The van der Waals surface area contributed by atoms with E-state index < -0.39 is 23.8 Å². The second kappa shape index (κ2) is 10.2. The Morgan fingerprint density at radius 3 is 2.51 bits per heavy atom. The highest BCUT2D eigenvalue weighted by Gasteiger charge is 2.33. The van der Waals surface area contributed by atoms with E-state index in [-0.39, 0.29) is 28.9 Å². The number of carbonyl (C=O) groups is 1. The Balaban J connectivity index is 1.42. The first kappa shape index (κ1) is 25.3. The normalized spacial score (nSPS) is 17.7. The predicted octanol–water partition coefficient (Wildman–Crippen LogP) is 4.54.